The Morgan fingerprint density at radius 1 is 1.50 bits per heavy atom. The van der Waals surface area contributed by atoms with Gasteiger partial charge in [0.15, 0.2) is 0 Å². The van der Waals surface area contributed by atoms with Crippen molar-refractivity contribution in [1.82, 2.24) is 4.31 Å². The summed E-state index contributed by atoms with van der Waals surface area (Å²) in [5, 5.41) is -0.333. The topological polar surface area (TPSA) is 37.4 Å². The molecular formula is C9H18ClNO2S. The summed E-state index contributed by atoms with van der Waals surface area (Å²) in [7, 11) is -3.08. The molecule has 0 aromatic rings. The quantitative estimate of drug-likeness (QED) is 0.703. The average Bonchev–Trinajstić information content (AvgIpc) is 2.49. The van der Waals surface area contributed by atoms with Gasteiger partial charge >= 0.3 is 0 Å². The molecule has 1 unspecified atom stereocenters. The van der Waals surface area contributed by atoms with Crippen LogP contribution in [0.3, 0.4) is 0 Å². The molecule has 0 aliphatic carbocycles. The molecule has 1 heterocycles. The van der Waals surface area contributed by atoms with Crippen molar-refractivity contribution in [2.75, 3.05) is 19.0 Å². The first-order valence-corrected chi connectivity index (χ1v) is 6.90. The fourth-order valence-corrected chi connectivity index (χ4v) is 3.25. The van der Waals surface area contributed by atoms with Gasteiger partial charge < -0.3 is 0 Å². The van der Waals surface area contributed by atoms with Crippen molar-refractivity contribution in [2.45, 2.75) is 32.4 Å². The molecule has 0 aromatic carbocycles. The van der Waals surface area contributed by atoms with Crippen molar-refractivity contribution in [1.29, 1.82) is 0 Å². The Labute approximate surface area is 91.5 Å². The minimum Gasteiger partial charge on any atom is -0.212 e. The summed E-state index contributed by atoms with van der Waals surface area (Å²) in [6.07, 6.45) is 0.864. The lowest BCUT2D eigenvalue weighted by atomic mass is 9.93. The highest BCUT2D eigenvalue weighted by Gasteiger charge is 2.39. The van der Waals surface area contributed by atoms with Crippen LogP contribution < -0.4 is 0 Å². The van der Waals surface area contributed by atoms with Crippen molar-refractivity contribution >= 4 is 21.6 Å². The molecule has 5 heteroatoms. The molecule has 1 aliphatic rings. The molecule has 0 N–H and O–H groups in total. The van der Waals surface area contributed by atoms with E-state index in [1.165, 1.54) is 0 Å². The zero-order valence-electron chi connectivity index (χ0n) is 8.96. The van der Waals surface area contributed by atoms with Gasteiger partial charge in [0, 0.05) is 19.0 Å². The van der Waals surface area contributed by atoms with Crippen molar-refractivity contribution < 1.29 is 8.42 Å². The van der Waals surface area contributed by atoms with Crippen LogP contribution in [0.2, 0.25) is 0 Å². The zero-order chi connectivity index (χ0) is 11.0. The Hall–Kier alpha value is 0.200. The molecule has 0 amide bonds. The Morgan fingerprint density at radius 2 is 2.07 bits per heavy atom. The minimum absolute atomic E-state index is 0.0382. The van der Waals surface area contributed by atoms with Crippen LogP contribution in [0.25, 0.3) is 0 Å². The van der Waals surface area contributed by atoms with Gasteiger partial charge in [-0.25, -0.2) is 12.7 Å². The highest BCUT2D eigenvalue weighted by molar-refractivity contribution is 7.89. The van der Waals surface area contributed by atoms with Gasteiger partial charge in [-0.3, -0.25) is 0 Å². The van der Waals surface area contributed by atoms with Crippen LogP contribution in [0, 0.1) is 5.41 Å². The molecule has 1 saturated heterocycles. The number of nitrogens with zero attached hydrogens (tertiary/aromatic N) is 1. The van der Waals surface area contributed by atoms with E-state index in [1.807, 2.05) is 6.92 Å². The van der Waals surface area contributed by atoms with Gasteiger partial charge in [0.05, 0.1) is 5.25 Å². The van der Waals surface area contributed by atoms with E-state index in [-0.39, 0.29) is 10.7 Å². The number of hydrogen-bond donors (Lipinski definition) is 0. The maximum Gasteiger partial charge on any atom is 0.216 e. The van der Waals surface area contributed by atoms with Crippen molar-refractivity contribution in [2.24, 2.45) is 5.41 Å². The first-order valence-electron chi connectivity index (χ1n) is 4.87. The lowest BCUT2D eigenvalue weighted by Gasteiger charge is -2.22. The number of rotatable bonds is 3. The zero-order valence-corrected chi connectivity index (χ0v) is 10.5. The number of halogens is 1. The van der Waals surface area contributed by atoms with Crippen molar-refractivity contribution in [3.63, 3.8) is 0 Å². The second-order valence-electron chi connectivity index (χ2n) is 4.62. The fourth-order valence-electron chi connectivity index (χ4n) is 1.60. The minimum atomic E-state index is -3.08. The Kier molecular flexibility index (Phi) is 3.49. The molecule has 1 rings (SSSR count). The van der Waals surface area contributed by atoms with E-state index in [4.69, 9.17) is 11.6 Å². The number of alkyl halides is 1. The van der Waals surface area contributed by atoms with Crippen LogP contribution in [0.4, 0.5) is 0 Å². The van der Waals surface area contributed by atoms with Gasteiger partial charge in [0.2, 0.25) is 10.0 Å². The van der Waals surface area contributed by atoms with E-state index in [9.17, 15) is 8.42 Å². The smallest absolute Gasteiger partial charge is 0.212 e. The monoisotopic (exact) mass is 239 g/mol. The van der Waals surface area contributed by atoms with Crippen LogP contribution in [0.5, 0.6) is 0 Å². The lowest BCUT2D eigenvalue weighted by Crippen LogP contribution is -2.36. The molecular weight excluding hydrogens is 222 g/mol. The molecule has 0 saturated carbocycles. The third kappa shape index (κ3) is 2.23. The molecule has 0 bridgehead atoms. The number of sulfonamides is 1. The maximum absolute atomic E-state index is 11.8. The second-order valence-corrected chi connectivity index (χ2v) is 7.38. The maximum atomic E-state index is 11.8. The summed E-state index contributed by atoms with van der Waals surface area (Å²) in [5.41, 5.74) is -0.0382. The molecule has 3 nitrogen and oxygen atoms in total. The van der Waals surface area contributed by atoms with Crippen LogP contribution in [-0.2, 0) is 10.0 Å². The van der Waals surface area contributed by atoms with Crippen molar-refractivity contribution in [3.05, 3.63) is 0 Å². The molecule has 84 valence electrons. The van der Waals surface area contributed by atoms with E-state index < -0.39 is 10.0 Å². The fraction of sp³-hybridized carbons (Fsp3) is 1.00. The average molecular weight is 240 g/mol. The van der Waals surface area contributed by atoms with E-state index in [1.54, 1.807) is 18.2 Å². The van der Waals surface area contributed by atoms with E-state index in [0.717, 1.165) is 6.42 Å². The first-order chi connectivity index (χ1) is 6.32. The van der Waals surface area contributed by atoms with Crippen LogP contribution >= 0.6 is 11.6 Å². The van der Waals surface area contributed by atoms with E-state index >= 15 is 0 Å². The molecule has 1 fully saturated rings. The standard InChI is InChI=1S/C9H18ClNO2S/c1-8(2)14(12,13)11-5-4-9(3,6-10)7-11/h8H,4-7H2,1-3H3. The molecule has 0 aromatic heterocycles. The van der Waals surface area contributed by atoms with Crippen molar-refractivity contribution in [3.8, 4) is 0 Å². The molecule has 14 heavy (non-hydrogen) atoms. The van der Waals surface area contributed by atoms with E-state index in [2.05, 4.69) is 0 Å². The Morgan fingerprint density at radius 3 is 2.43 bits per heavy atom. The predicted octanol–water partition coefficient (Wildman–Crippen LogP) is 1.68. The summed E-state index contributed by atoms with van der Waals surface area (Å²) in [5.74, 6) is 0.525. The normalized spacial score (nSPS) is 30.1. The summed E-state index contributed by atoms with van der Waals surface area (Å²) < 4.78 is 25.2. The highest BCUT2D eigenvalue weighted by atomic mass is 35.5. The van der Waals surface area contributed by atoms with Crippen LogP contribution in [-0.4, -0.2) is 36.9 Å². The summed E-state index contributed by atoms with van der Waals surface area (Å²) >= 11 is 5.82. The summed E-state index contributed by atoms with van der Waals surface area (Å²) in [6, 6.07) is 0. The summed E-state index contributed by atoms with van der Waals surface area (Å²) in [6.45, 7) is 6.65. The molecule has 0 radical (unpaired) electrons. The van der Waals surface area contributed by atoms with E-state index in [0.29, 0.717) is 19.0 Å². The SMILES string of the molecule is CC(C)S(=O)(=O)N1CCC(C)(CCl)C1. The largest absolute Gasteiger partial charge is 0.216 e. The third-order valence-electron chi connectivity index (χ3n) is 2.80. The first kappa shape index (κ1) is 12.3. The van der Waals surface area contributed by atoms with Gasteiger partial charge in [-0.05, 0) is 25.7 Å². The van der Waals surface area contributed by atoms with Crippen LogP contribution in [0.1, 0.15) is 27.2 Å². The Bertz CT molecular complexity index is 302. The van der Waals surface area contributed by atoms with Crippen LogP contribution in [0.15, 0.2) is 0 Å². The Balaban J connectivity index is 2.77. The van der Waals surface area contributed by atoms with Gasteiger partial charge in [-0.1, -0.05) is 6.92 Å². The van der Waals surface area contributed by atoms with Gasteiger partial charge in [0.1, 0.15) is 0 Å². The molecule has 1 atom stereocenters. The lowest BCUT2D eigenvalue weighted by molar-refractivity contribution is 0.379. The number of hydrogen-bond acceptors (Lipinski definition) is 2. The summed E-state index contributed by atoms with van der Waals surface area (Å²) in [4.78, 5) is 0. The second kappa shape index (κ2) is 3.99. The van der Waals surface area contributed by atoms with Gasteiger partial charge in [0.25, 0.3) is 0 Å². The molecule has 0 spiro atoms. The molecule has 1 aliphatic heterocycles. The predicted molar refractivity (Wildman–Crippen MR) is 59.1 cm³/mol. The highest BCUT2D eigenvalue weighted by Crippen LogP contribution is 2.33. The van der Waals surface area contributed by atoms with Gasteiger partial charge in [-0.15, -0.1) is 11.6 Å². The van der Waals surface area contributed by atoms with Gasteiger partial charge in [-0.2, -0.15) is 0 Å². The third-order valence-corrected chi connectivity index (χ3v) is 5.67.